The van der Waals surface area contributed by atoms with E-state index in [0.29, 0.717) is 0 Å². The third-order valence-electron chi connectivity index (χ3n) is 6.49. The summed E-state index contributed by atoms with van der Waals surface area (Å²) in [7, 11) is 0. The van der Waals surface area contributed by atoms with Gasteiger partial charge in [0.05, 0.1) is 22.1 Å². The standard InChI is InChI=1S/C18H10N4.2C9H11.Pt/c1-2-8-14-13(7-1)21-17-11-5-3-9-19-15(11)16-12(18(17)22-14)6-4-10-20-16;2*1-7-4-8(2)6-9(3)5-7;/h1-10H;2*4-5H,1-3H3;/q-2;2*-1;+4. The summed E-state index contributed by atoms with van der Waals surface area (Å²) in [6.07, 6.45) is 11.5. The largest absolute Gasteiger partial charge is 4.00 e. The average Bonchev–Trinajstić information content (AvgIpc) is 2.91. The van der Waals surface area contributed by atoms with Gasteiger partial charge in [-0.3, -0.25) is 0 Å². The van der Waals surface area contributed by atoms with Crippen molar-refractivity contribution in [3.63, 3.8) is 0 Å². The molecule has 0 saturated carbocycles. The summed E-state index contributed by atoms with van der Waals surface area (Å²) in [5.74, 6) is 0. The Morgan fingerprint density at radius 2 is 0.927 bits per heavy atom. The van der Waals surface area contributed by atoms with Crippen LogP contribution in [0.5, 0.6) is 0 Å². The van der Waals surface area contributed by atoms with Crippen LogP contribution in [0.2, 0.25) is 0 Å². The van der Waals surface area contributed by atoms with Crippen molar-refractivity contribution in [2.75, 3.05) is 0 Å². The number of benzene rings is 4. The number of aryl methyl sites for hydroxylation is 6. The summed E-state index contributed by atoms with van der Waals surface area (Å²) < 4.78 is 0. The van der Waals surface area contributed by atoms with E-state index in [2.05, 4.69) is 88.6 Å². The van der Waals surface area contributed by atoms with E-state index in [9.17, 15) is 0 Å². The van der Waals surface area contributed by atoms with Gasteiger partial charge in [0.25, 0.3) is 0 Å². The number of nitrogens with zero attached hydrogens (tertiary/aromatic N) is 4. The van der Waals surface area contributed by atoms with Gasteiger partial charge in [-0.15, -0.1) is 11.4 Å². The molecule has 1 aromatic heterocycles. The zero-order chi connectivity index (χ0) is 28.2. The fourth-order valence-electron chi connectivity index (χ4n) is 5.16. The van der Waals surface area contributed by atoms with Crippen LogP contribution in [-0.2, 0) is 21.1 Å². The van der Waals surface area contributed by atoms with Crippen LogP contribution in [-0.4, -0.2) is 9.97 Å². The molecule has 0 amide bonds. The predicted molar refractivity (Wildman–Crippen MR) is 169 cm³/mol. The molecule has 4 aromatic carbocycles. The predicted octanol–water partition coefficient (Wildman–Crippen LogP) is 8.23. The topological polar surface area (TPSA) is 54.0 Å². The number of hydrogen-bond acceptors (Lipinski definition) is 2. The van der Waals surface area contributed by atoms with Crippen LogP contribution < -0.4 is 10.4 Å². The number of aromatic nitrogens is 2. The molecule has 0 spiro atoms. The normalized spacial score (nSPS) is 12.0. The van der Waals surface area contributed by atoms with E-state index >= 15 is 0 Å². The van der Waals surface area contributed by atoms with Gasteiger partial charge in [-0.2, -0.15) is 82.2 Å². The van der Waals surface area contributed by atoms with E-state index in [0.717, 1.165) is 43.9 Å². The minimum Gasteiger partial charge on any atom is -0.665 e. The van der Waals surface area contributed by atoms with E-state index < -0.39 is 0 Å². The van der Waals surface area contributed by atoms with Gasteiger partial charge in [0, 0.05) is 0 Å². The summed E-state index contributed by atoms with van der Waals surface area (Å²) >= 11 is 0. The molecule has 0 radical (unpaired) electrons. The second-order valence-electron chi connectivity index (χ2n) is 10.3. The third kappa shape index (κ3) is 7.01. The van der Waals surface area contributed by atoms with Gasteiger partial charge in [0.15, 0.2) is 0 Å². The molecule has 2 aliphatic heterocycles. The molecular formula is C36H32N4Pt. The van der Waals surface area contributed by atoms with Crippen molar-refractivity contribution in [1.29, 1.82) is 0 Å². The molecule has 0 bridgehead atoms. The van der Waals surface area contributed by atoms with Crippen LogP contribution in [0.15, 0.2) is 73.1 Å². The third-order valence-corrected chi connectivity index (χ3v) is 6.49. The summed E-state index contributed by atoms with van der Waals surface area (Å²) in [6, 6.07) is 22.9. The van der Waals surface area contributed by atoms with Gasteiger partial charge < -0.3 is 10.6 Å². The SMILES string of the molecule is C1=C[N-]c2c3c(c4nc5ccccc5nc4c2=C1)=CC=C[N-]3.Cc1[c-]c(C)cc(C)c1.Cc1[c-]c(C)cc(C)c1.[Pt+4]. The molecule has 0 saturated heterocycles. The number of para-hydroxylation sites is 2. The Hall–Kier alpha value is -4.01. The molecule has 5 heteroatoms. The Kier molecular flexibility index (Phi) is 9.57. The molecule has 206 valence electrons. The average molecular weight is 716 g/mol. The monoisotopic (exact) mass is 715 g/mol. The summed E-state index contributed by atoms with van der Waals surface area (Å²) in [5, 5.41) is 11.0. The summed E-state index contributed by atoms with van der Waals surface area (Å²) in [5.41, 5.74) is 12.8. The van der Waals surface area contributed by atoms with Crippen molar-refractivity contribution < 1.29 is 21.1 Å². The van der Waals surface area contributed by atoms with Crippen molar-refractivity contribution in [1.82, 2.24) is 9.97 Å². The number of rotatable bonds is 0. The van der Waals surface area contributed by atoms with Crippen LogP contribution in [0.3, 0.4) is 0 Å². The van der Waals surface area contributed by atoms with Crippen LogP contribution in [0.1, 0.15) is 33.4 Å². The molecule has 0 N–H and O–H groups in total. The zero-order valence-electron chi connectivity index (χ0n) is 24.2. The summed E-state index contributed by atoms with van der Waals surface area (Å²) in [6.45, 7) is 12.5. The van der Waals surface area contributed by atoms with E-state index in [4.69, 9.17) is 9.97 Å². The first-order chi connectivity index (χ1) is 19.3. The molecule has 0 unspecified atom stereocenters. The van der Waals surface area contributed by atoms with E-state index in [1.807, 2.05) is 48.6 Å². The number of hydrogen-bond donors (Lipinski definition) is 0. The van der Waals surface area contributed by atoms with Gasteiger partial charge in [-0.05, 0) is 22.6 Å². The van der Waals surface area contributed by atoms with Crippen LogP contribution in [0.25, 0.3) is 44.9 Å². The van der Waals surface area contributed by atoms with Gasteiger partial charge >= 0.3 is 21.1 Å². The second-order valence-corrected chi connectivity index (χ2v) is 10.3. The van der Waals surface area contributed by atoms with Crippen molar-refractivity contribution in [3.05, 3.63) is 140 Å². The minimum atomic E-state index is 0. The van der Waals surface area contributed by atoms with Crippen LogP contribution in [0.4, 0.5) is 11.4 Å². The fraction of sp³-hybridized carbons (Fsp3) is 0.167. The maximum absolute atomic E-state index is 4.83. The second kappa shape index (κ2) is 13.1. The number of fused-ring (bicyclic) bond motifs is 7. The summed E-state index contributed by atoms with van der Waals surface area (Å²) in [4.78, 5) is 9.65. The van der Waals surface area contributed by atoms with Gasteiger partial charge in [0.2, 0.25) is 0 Å². The molecule has 2 aliphatic rings. The van der Waals surface area contributed by atoms with Gasteiger partial charge in [-0.25, -0.2) is 9.97 Å². The van der Waals surface area contributed by atoms with Gasteiger partial charge in [0.1, 0.15) is 0 Å². The molecule has 3 heterocycles. The van der Waals surface area contributed by atoms with E-state index in [-0.39, 0.29) is 21.1 Å². The van der Waals surface area contributed by atoms with Crippen molar-refractivity contribution in [2.24, 2.45) is 0 Å². The molecule has 5 aromatic rings. The Morgan fingerprint density at radius 3 is 1.27 bits per heavy atom. The first kappa shape index (κ1) is 30.0. The quantitative estimate of drug-likeness (QED) is 0.120. The maximum Gasteiger partial charge on any atom is 4.00 e. The smallest absolute Gasteiger partial charge is 0.665 e. The zero-order valence-corrected chi connectivity index (χ0v) is 26.5. The molecule has 0 atom stereocenters. The van der Waals surface area contributed by atoms with E-state index in [1.165, 1.54) is 33.4 Å². The minimum absolute atomic E-state index is 0. The maximum atomic E-state index is 4.83. The van der Waals surface area contributed by atoms with Crippen molar-refractivity contribution in [2.45, 2.75) is 41.5 Å². The molecular weight excluding hydrogens is 684 g/mol. The Balaban J connectivity index is 0.000000170. The van der Waals surface area contributed by atoms with Gasteiger partial charge in [-0.1, -0.05) is 78.0 Å². The molecule has 41 heavy (non-hydrogen) atoms. The molecule has 0 fully saturated rings. The van der Waals surface area contributed by atoms with Crippen LogP contribution >= 0.6 is 0 Å². The van der Waals surface area contributed by atoms with E-state index in [1.54, 1.807) is 12.4 Å². The number of allylic oxidation sites excluding steroid dienone is 2. The Morgan fingerprint density at radius 1 is 0.561 bits per heavy atom. The van der Waals surface area contributed by atoms with Crippen molar-refractivity contribution >= 4 is 45.6 Å². The first-order valence-electron chi connectivity index (χ1n) is 13.4. The first-order valence-corrected chi connectivity index (χ1v) is 13.4. The Bertz CT molecular complexity index is 1680. The molecule has 4 nitrogen and oxygen atoms in total. The fourth-order valence-corrected chi connectivity index (χ4v) is 5.16. The Labute approximate surface area is 256 Å². The van der Waals surface area contributed by atoms with Crippen LogP contribution in [0, 0.1) is 53.7 Å². The van der Waals surface area contributed by atoms with Crippen molar-refractivity contribution in [3.8, 4) is 0 Å². The molecule has 0 aliphatic carbocycles. The molecule has 7 rings (SSSR count).